The topological polar surface area (TPSA) is 81.2 Å². The van der Waals surface area contributed by atoms with E-state index in [9.17, 15) is 8.42 Å². The lowest BCUT2D eigenvalue weighted by Crippen LogP contribution is -2.37. The lowest BCUT2D eigenvalue weighted by Gasteiger charge is -2.17. The summed E-state index contributed by atoms with van der Waals surface area (Å²) in [7, 11) is -2.01. The van der Waals surface area contributed by atoms with Crippen molar-refractivity contribution in [1.29, 1.82) is 0 Å². The molecule has 1 heterocycles. The molecule has 0 radical (unpaired) electrons. The van der Waals surface area contributed by atoms with E-state index in [-0.39, 0.29) is 17.6 Å². The van der Waals surface area contributed by atoms with Crippen LogP contribution in [0.1, 0.15) is 26.1 Å². The quantitative estimate of drug-likeness (QED) is 0.822. The number of hydrogen-bond donors (Lipinski definition) is 1. The number of aromatic nitrogens is 2. The highest BCUT2D eigenvalue weighted by Crippen LogP contribution is 2.14. The molecule has 0 amide bonds. The van der Waals surface area contributed by atoms with Gasteiger partial charge in [0.2, 0.25) is 0 Å². The Bertz CT molecular complexity index is 493. The van der Waals surface area contributed by atoms with E-state index in [2.05, 4.69) is 4.98 Å². The molecule has 1 aromatic rings. The number of nitrogens with two attached hydrogens (primary N) is 1. The van der Waals surface area contributed by atoms with Gasteiger partial charge in [-0.3, -0.25) is 0 Å². The number of likely N-dealkylation sites (N-methyl/N-ethyl adjacent to an activating group) is 1. The highest BCUT2D eigenvalue weighted by atomic mass is 32.2. The SMILES string of the molecule is CCCn1cc(S(=O)(=O)N(C)CC(C)N)nc1C. The maximum Gasteiger partial charge on any atom is 0.261 e. The summed E-state index contributed by atoms with van der Waals surface area (Å²) in [5, 5.41) is 0.0941. The summed E-state index contributed by atoms with van der Waals surface area (Å²) in [5.74, 6) is 0.713. The molecule has 7 heteroatoms. The molecule has 0 aliphatic carbocycles. The molecule has 18 heavy (non-hydrogen) atoms. The minimum atomic E-state index is -3.53. The monoisotopic (exact) mass is 274 g/mol. The van der Waals surface area contributed by atoms with Crippen molar-refractivity contribution in [2.75, 3.05) is 13.6 Å². The Balaban J connectivity index is 3.01. The van der Waals surface area contributed by atoms with Crippen molar-refractivity contribution in [2.45, 2.75) is 44.8 Å². The first kappa shape index (κ1) is 15.1. The molecule has 0 fully saturated rings. The molecule has 104 valence electrons. The zero-order chi connectivity index (χ0) is 13.9. The van der Waals surface area contributed by atoms with E-state index in [1.807, 2.05) is 11.5 Å². The van der Waals surface area contributed by atoms with E-state index >= 15 is 0 Å². The largest absolute Gasteiger partial charge is 0.334 e. The fourth-order valence-electron chi connectivity index (χ4n) is 1.73. The van der Waals surface area contributed by atoms with Gasteiger partial charge < -0.3 is 10.3 Å². The van der Waals surface area contributed by atoms with Gasteiger partial charge in [-0.2, -0.15) is 4.31 Å². The van der Waals surface area contributed by atoms with Gasteiger partial charge in [0.25, 0.3) is 10.0 Å². The fraction of sp³-hybridized carbons (Fsp3) is 0.727. The zero-order valence-electron chi connectivity index (χ0n) is 11.4. The number of hydrogen-bond acceptors (Lipinski definition) is 4. The van der Waals surface area contributed by atoms with Crippen LogP contribution in [0.15, 0.2) is 11.2 Å². The van der Waals surface area contributed by atoms with Crippen molar-refractivity contribution < 1.29 is 8.42 Å². The van der Waals surface area contributed by atoms with Gasteiger partial charge in [-0.1, -0.05) is 6.92 Å². The van der Waals surface area contributed by atoms with E-state index in [0.29, 0.717) is 5.82 Å². The molecule has 1 rings (SSSR count). The predicted octanol–water partition coefficient (Wildman–Crippen LogP) is 0.569. The standard InChI is InChI=1S/C11H22N4O2S/c1-5-6-15-8-11(13-10(15)3)18(16,17)14(4)7-9(2)12/h8-9H,5-7,12H2,1-4H3. The number of sulfonamides is 1. The minimum absolute atomic E-state index is 0.0941. The normalized spacial score (nSPS) is 14.1. The molecule has 0 aromatic carbocycles. The third-order valence-electron chi connectivity index (χ3n) is 2.64. The predicted molar refractivity (Wildman–Crippen MR) is 70.7 cm³/mol. The van der Waals surface area contributed by atoms with Gasteiger partial charge in [0.05, 0.1) is 0 Å². The van der Waals surface area contributed by atoms with Gasteiger partial charge in [-0.05, 0) is 20.3 Å². The molecule has 1 unspecified atom stereocenters. The molecule has 2 N–H and O–H groups in total. The van der Waals surface area contributed by atoms with Gasteiger partial charge in [-0.25, -0.2) is 13.4 Å². The van der Waals surface area contributed by atoms with Crippen molar-refractivity contribution >= 4 is 10.0 Å². The summed E-state index contributed by atoms with van der Waals surface area (Å²) >= 11 is 0. The Morgan fingerprint density at radius 2 is 2.17 bits per heavy atom. The third kappa shape index (κ3) is 3.30. The summed E-state index contributed by atoms with van der Waals surface area (Å²) in [6, 6.07) is -0.205. The number of nitrogens with zero attached hydrogens (tertiary/aromatic N) is 3. The van der Waals surface area contributed by atoms with E-state index < -0.39 is 10.0 Å². The van der Waals surface area contributed by atoms with Crippen LogP contribution in [-0.4, -0.2) is 41.9 Å². The zero-order valence-corrected chi connectivity index (χ0v) is 12.2. The van der Waals surface area contributed by atoms with E-state index in [0.717, 1.165) is 13.0 Å². The Kier molecular flexibility index (Phi) is 4.89. The molecule has 0 saturated carbocycles. The van der Waals surface area contributed by atoms with Crippen LogP contribution in [0.2, 0.25) is 0 Å². The number of rotatable bonds is 6. The van der Waals surface area contributed by atoms with Crippen LogP contribution >= 0.6 is 0 Å². The first-order chi connectivity index (χ1) is 8.28. The lowest BCUT2D eigenvalue weighted by atomic mass is 10.4. The second kappa shape index (κ2) is 5.81. The maximum atomic E-state index is 12.2. The van der Waals surface area contributed by atoms with Gasteiger partial charge in [0.1, 0.15) is 5.82 Å². The molecule has 0 spiro atoms. The van der Waals surface area contributed by atoms with Crippen LogP contribution in [0.4, 0.5) is 0 Å². The summed E-state index contributed by atoms with van der Waals surface area (Å²) in [6.07, 6.45) is 2.53. The molecule has 0 saturated heterocycles. The van der Waals surface area contributed by atoms with Crippen LogP contribution in [-0.2, 0) is 16.6 Å². The Morgan fingerprint density at radius 3 is 2.67 bits per heavy atom. The van der Waals surface area contributed by atoms with Crippen molar-refractivity contribution in [3.05, 3.63) is 12.0 Å². The van der Waals surface area contributed by atoms with Crippen LogP contribution in [0.25, 0.3) is 0 Å². The lowest BCUT2D eigenvalue weighted by molar-refractivity contribution is 0.443. The summed E-state index contributed by atoms with van der Waals surface area (Å²) < 4.78 is 27.6. The molecule has 0 aliphatic heterocycles. The Labute approximate surface area is 109 Å². The molecule has 0 aliphatic rings. The van der Waals surface area contributed by atoms with Gasteiger partial charge >= 0.3 is 0 Å². The van der Waals surface area contributed by atoms with E-state index in [1.54, 1.807) is 20.0 Å². The van der Waals surface area contributed by atoms with Crippen LogP contribution < -0.4 is 5.73 Å². The highest BCUT2D eigenvalue weighted by Gasteiger charge is 2.25. The second-order valence-corrected chi connectivity index (χ2v) is 6.57. The molecular weight excluding hydrogens is 252 g/mol. The van der Waals surface area contributed by atoms with E-state index in [4.69, 9.17) is 5.73 Å². The van der Waals surface area contributed by atoms with Gasteiger partial charge in [0.15, 0.2) is 5.03 Å². The summed E-state index contributed by atoms with van der Waals surface area (Å²) in [5.41, 5.74) is 5.62. The van der Waals surface area contributed by atoms with Crippen LogP contribution in [0.5, 0.6) is 0 Å². The second-order valence-electron chi connectivity index (χ2n) is 4.58. The average Bonchev–Trinajstić information content (AvgIpc) is 2.60. The van der Waals surface area contributed by atoms with Gasteiger partial charge in [-0.15, -0.1) is 0 Å². The third-order valence-corrected chi connectivity index (χ3v) is 4.33. The first-order valence-corrected chi connectivity index (χ1v) is 7.48. The minimum Gasteiger partial charge on any atom is -0.334 e. The Hall–Kier alpha value is -0.920. The molecular formula is C11H22N4O2S. The number of aryl methyl sites for hydroxylation is 2. The van der Waals surface area contributed by atoms with Crippen molar-refractivity contribution in [1.82, 2.24) is 13.9 Å². The van der Waals surface area contributed by atoms with Crippen molar-refractivity contribution in [2.24, 2.45) is 5.73 Å². The highest BCUT2D eigenvalue weighted by molar-refractivity contribution is 7.89. The Morgan fingerprint density at radius 1 is 1.56 bits per heavy atom. The first-order valence-electron chi connectivity index (χ1n) is 6.04. The summed E-state index contributed by atoms with van der Waals surface area (Å²) in [4.78, 5) is 4.12. The van der Waals surface area contributed by atoms with Gasteiger partial charge in [0, 0.05) is 32.4 Å². The van der Waals surface area contributed by atoms with Crippen molar-refractivity contribution in [3.8, 4) is 0 Å². The fourth-order valence-corrected chi connectivity index (χ4v) is 2.99. The smallest absolute Gasteiger partial charge is 0.261 e. The maximum absolute atomic E-state index is 12.2. The van der Waals surface area contributed by atoms with E-state index in [1.165, 1.54) is 11.4 Å². The van der Waals surface area contributed by atoms with Crippen LogP contribution in [0.3, 0.4) is 0 Å². The molecule has 1 aromatic heterocycles. The molecule has 0 bridgehead atoms. The van der Waals surface area contributed by atoms with Crippen molar-refractivity contribution in [3.63, 3.8) is 0 Å². The van der Waals surface area contributed by atoms with Crippen LogP contribution in [0, 0.1) is 6.92 Å². The number of imidazole rings is 1. The summed E-state index contributed by atoms with van der Waals surface area (Å²) in [6.45, 7) is 6.66. The molecule has 1 atom stereocenters. The molecule has 6 nitrogen and oxygen atoms in total. The average molecular weight is 274 g/mol.